The van der Waals surface area contributed by atoms with E-state index in [4.69, 9.17) is 107 Å². The summed E-state index contributed by atoms with van der Waals surface area (Å²) in [5.74, 6) is -4.40. The number of hydrogen-bond acceptors (Lipinski definition) is 7. The molecule has 254 valence electrons. The van der Waals surface area contributed by atoms with Crippen LogP contribution < -0.4 is 71.9 Å². The Labute approximate surface area is 323 Å². The summed E-state index contributed by atoms with van der Waals surface area (Å²) in [4.78, 5) is 58.0. The number of benzene rings is 2. The maximum atomic E-state index is 14.2. The zero-order valence-corrected chi connectivity index (χ0v) is 29.3. The molecule has 0 unspecified atom stereocenters. The molecule has 13 N–H and O–H groups in total. The first-order chi connectivity index (χ1) is 24.4. The van der Waals surface area contributed by atoms with Crippen molar-refractivity contribution in [2.75, 3.05) is 6.54 Å². The number of primary amides is 1. The Kier molecular flexibility index (Phi) is 16.2. The molecule has 0 aliphatic carbocycles. The fourth-order valence-corrected chi connectivity index (χ4v) is 5.33. The standard InChI is InChI=1S/C30H35B10N9O4/c31-17-16(18(32)20(34)21(35)19(17)33)30(39,40)22(25(52)49-28(36,26(42)53)9-5-10-29(37,38)45)48-24(51)15(8-4-11-46-27(43)44)47-23(50)14(41)12-13-6-2-1-3-7-13/h1-3,6-7,14-15,22H,4-5,8-12,41,45H2,(H2,42,53)(H,47,50)(H,48,51)(H,49,52)(H4,43,44,46)/t14-,15+,22+,28-/m0/s1. The number of rotatable bonds is 19. The molecule has 2 aromatic carbocycles. The Hall–Kier alpha value is -3.84. The molecule has 0 fully saturated rings. The number of carbonyl (C=O) groups excluding carboxylic acids is 4. The lowest BCUT2D eigenvalue weighted by molar-refractivity contribution is -0.134. The molecule has 20 radical (unpaired) electrons. The van der Waals surface area contributed by atoms with Gasteiger partial charge in [0.15, 0.2) is 5.96 Å². The van der Waals surface area contributed by atoms with Crippen LogP contribution in [0, 0.1) is 0 Å². The van der Waals surface area contributed by atoms with Crippen LogP contribution in [0.4, 0.5) is 0 Å². The van der Waals surface area contributed by atoms with Crippen molar-refractivity contribution >= 4 is 135 Å². The van der Waals surface area contributed by atoms with Gasteiger partial charge in [0, 0.05) is 6.54 Å². The highest BCUT2D eigenvalue weighted by atomic mass is 16.2. The van der Waals surface area contributed by atoms with Gasteiger partial charge in [-0.1, -0.05) is 54.1 Å². The fraction of sp³-hybridized carbons (Fsp3) is 0.433. The molecule has 2 rings (SSSR count). The molecule has 0 heterocycles. The lowest BCUT2D eigenvalue weighted by atomic mass is 9.42. The maximum absolute atomic E-state index is 14.2. The SMILES string of the molecule is [B]c1c([B])c([B])c(C([B])([B])[C@H](NC(=O)[C@@H](CCCN=C(N)N)NC(=O)[C@@H](N)Cc2ccccc2)C(=O)N[C@@]([B])(CCCC([B])([B])N)C(N)=O)c([B])c1[B]. The quantitative estimate of drug-likeness (QED) is 0.0303. The van der Waals surface area contributed by atoms with Gasteiger partial charge in [-0.25, -0.2) is 0 Å². The number of amides is 4. The third kappa shape index (κ3) is 12.6. The van der Waals surface area contributed by atoms with Crippen molar-refractivity contribution in [2.45, 2.75) is 72.6 Å². The number of nitrogens with one attached hydrogen (secondary N) is 3. The van der Waals surface area contributed by atoms with Gasteiger partial charge < -0.3 is 44.6 Å². The number of carbonyl (C=O) groups is 4. The molecule has 4 amide bonds. The van der Waals surface area contributed by atoms with E-state index in [1.165, 1.54) is 0 Å². The molecule has 0 bridgehead atoms. The van der Waals surface area contributed by atoms with E-state index in [0.717, 1.165) is 5.56 Å². The average Bonchev–Trinajstić information content (AvgIpc) is 3.05. The first-order valence-electron chi connectivity index (χ1n) is 16.3. The van der Waals surface area contributed by atoms with Crippen molar-refractivity contribution in [3.63, 3.8) is 0 Å². The van der Waals surface area contributed by atoms with Crippen LogP contribution in [-0.4, -0.2) is 143 Å². The first kappa shape index (κ1) is 45.3. The number of aliphatic imine (C=N–C) groups is 1. The highest BCUT2D eigenvalue weighted by molar-refractivity contribution is 6.68. The molecular formula is C30H35B10N9O4. The van der Waals surface area contributed by atoms with Gasteiger partial charge in [-0.05, 0) is 36.5 Å². The number of guanidine groups is 1. The number of nitrogens with two attached hydrogens (primary N) is 5. The summed E-state index contributed by atoms with van der Waals surface area (Å²) >= 11 is 0. The Morgan fingerprint density at radius 3 is 1.79 bits per heavy atom. The largest absolute Gasteiger partial charge is 0.370 e. The fourth-order valence-electron chi connectivity index (χ4n) is 5.33. The molecule has 53 heavy (non-hydrogen) atoms. The summed E-state index contributed by atoms with van der Waals surface area (Å²) in [5, 5.41) is 3.04. The smallest absolute Gasteiger partial charge is 0.243 e. The van der Waals surface area contributed by atoms with Crippen molar-refractivity contribution in [2.24, 2.45) is 33.7 Å². The second kappa shape index (κ2) is 19.0. The van der Waals surface area contributed by atoms with Gasteiger partial charge in [0.1, 0.15) is 59.2 Å². The predicted octanol–water partition coefficient (Wildman–Crippen LogP) is -9.68. The Morgan fingerprint density at radius 2 is 1.28 bits per heavy atom. The second-order valence-electron chi connectivity index (χ2n) is 12.9. The molecule has 0 saturated heterocycles. The van der Waals surface area contributed by atoms with E-state index in [1.807, 2.05) is 0 Å². The Bertz CT molecular complexity index is 1650. The van der Waals surface area contributed by atoms with Crippen LogP contribution in [-0.2, 0) is 30.8 Å². The molecule has 13 nitrogen and oxygen atoms in total. The normalized spacial score (nSPS) is 14.5. The number of nitrogens with zero attached hydrogens (tertiary/aromatic N) is 1. The molecule has 0 aliphatic rings. The summed E-state index contributed by atoms with van der Waals surface area (Å²) in [6, 6.07) is 4.29. The summed E-state index contributed by atoms with van der Waals surface area (Å²) < 4.78 is 0. The molecule has 0 spiro atoms. The highest BCUT2D eigenvalue weighted by Crippen LogP contribution is 2.21. The average molecular weight is 694 g/mol. The van der Waals surface area contributed by atoms with E-state index in [1.54, 1.807) is 30.3 Å². The molecule has 0 aliphatic heterocycles. The van der Waals surface area contributed by atoms with Crippen LogP contribution in [0.25, 0.3) is 0 Å². The van der Waals surface area contributed by atoms with Gasteiger partial charge in [-0.2, -0.15) is 0 Å². The van der Waals surface area contributed by atoms with Gasteiger partial charge >= 0.3 is 0 Å². The summed E-state index contributed by atoms with van der Waals surface area (Å²) in [7, 11) is 61.2. The third-order valence-corrected chi connectivity index (χ3v) is 8.34. The van der Waals surface area contributed by atoms with Crippen LogP contribution >= 0.6 is 0 Å². The van der Waals surface area contributed by atoms with Crippen molar-refractivity contribution in [1.29, 1.82) is 0 Å². The zero-order chi connectivity index (χ0) is 40.5. The molecule has 23 heteroatoms. The highest BCUT2D eigenvalue weighted by Gasteiger charge is 2.43. The van der Waals surface area contributed by atoms with Crippen LogP contribution in [0.5, 0.6) is 0 Å². The van der Waals surface area contributed by atoms with Crippen LogP contribution in [0.3, 0.4) is 0 Å². The predicted molar refractivity (Wildman–Crippen MR) is 217 cm³/mol. The van der Waals surface area contributed by atoms with E-state index < -0.39 is 63.3 Å². The topological polar surface area (TPSA) is 247 Å². The van der Waals surface area contributed by atoms with Crippen LogP contribution in [0.15, 0.2) is 35.3 Å². The van der Waals surface area contributed by atoms with Crippen molar-refractivity contribution < 1.29 is 19.2 Å². The second-order valence-corrected chi connectivity index (χ2v) is 12.9. The molecule has 0 aromatic heterocycles. The van der Waals surface area contributed by atoms with Crippen molar-refractivity contribution in [1.82, 2.24) is 16.0 Å². The van der Waals surface area contributed by atoms with E-state index in [9.17, 15) is 19.2 Å². The van der Waals surface area contributed by atoms with Gasteiger partial charge in [-0.15, -0.1) is 27.3 Å². The van der Waals surface area contributed by atoms with E-state index in [0.29, 0.717) is 0 Å². The minimum absolute atomic E-state index is 0.00526. The Balaban J connectivity index is 2.62. The van der Waals surface area contributed by atoms with Gasteiger partial charge in [0.2, 0.25) is 23.6 Å². The Morgan fingerprint density at radius 1 is 0.736 bits per heavy atom. The summed E-state index contributed by atoms with van der Waals surface area (Å²) in [6.45, 7) is 0.0563. The maximum Gasteiger partial charge on any atom is 0.243 e. The molecule has 0 saturated carbocycles. The minimum atomic E-state index is -2.58. The van der Waals surface area contributed by atoms with Crippen molar-refractivity contribution in [3.05, 3.63) is 41.5 Å². The molecule has 4 atom stereocenters. The van der Waals surface area contributed by atoms with Crippen LogP contribution in [0.2, 0.25) is 0 Å². The van der Waals surface area contributed by atoms with Gasteiger partial charge in [0.25, 0.3) is 0 Å². The van der Waals surface area contributed by atoms with Gasteiger partial charge in [-0.3, -0.25) is 24.2 Å². The van der Waals surface area contributed by atoms with Gasteiger partial charge in [0.05, 0.1) is 42.9 Å². The first-order valence-corrected chi connectivity index (χ1v) is 16.3. The molecule has 2 aromatic rings. The minimum Gasteiger partial charge on any atom is -0.370 e. The van der Waals surface area contributed by atoms with E-state index >= 15 is 0 Å². The monoisotopic (exact) mass is 695 g/mol. The van der Waals surface area contributed by atoms with Crippen molar-refractivity contribution in [3.8, 4) is 0 Å². The zero-order valence-electron chi connectivity index (χ0n) is 29.3. The van der Waals surface area contributed by atoms with E-state index in [-0.39, 0.29) is 78.3 Å². The summed E-state index contributed by atoms with van der Waals surface area (Å²) in [6.07, 6.45) is -0.207. The third-order valence-electron chi connectivity index (χ3n) is 8.34. The molecular weight excluding hydrogens is 659 g/mol. The van der Waals surface area contributed by atoms with E-state index in [2.05, 4.69) is 20.9 Å². The summed E-state index contributed by atoms with van der Waals surface area (Å²) in [5.41, 5.74) is 24.8. The lowest BCUT2D eigenvalue weighted by Crippen LogP contribution is -2.70. The number of hydrogen-bond donors (Lipinski definition) is 8. The lowest BCUT2D eigenvalue weighted by Gasteiger charge is -2.42. The van der Waals surface area contributed by atoms with Crippen LogP contribution in [0.1, 0.15) is 43.2 Å².